The summed E-state index contributed by atoms with van der Waals surface area (Å²) >= 11 is 7.56. The van der Waals surface area contributed by atoms with Gasteiger partial charge >= 0.3 is 0 Å². The predicted molar refractivity (Wildman–Crippen MR) is 130 cm³/mol. The van der Waals surface area contributed by atoms with E-state index in [1.165, 1.54) is 11.8 Å². The number of aromatic nitrogens is 4. The van der Waals surface area contributed by atoms with Crippen LogP contribution in [0.25, 0.3) is 22.1 Å². The van der Waals surface area contributed by atoms with E-state index in [9.17, 15) is 4.79 Å². The standard InChI is InChI=1S/C23H22ClN5O3S/c1-2-8-29-17-7-4-3-6-14(17)21-22(29)26-23(28-27-21)33-13-20(30)25-16-12-19-18(11-15(16)24)31-9-5-10-32-19/h3-4,6-7,11-12H,2,5,8-10,13H2,1H3,(H,25,30). The van der Waals surface area contributed by atoms with Gasteiger partial charge in [0, 0.05) is 30.5 Å². The zero-order valence-corrected chi connectivity index (χ0v) is 19.6. The Balaban J connectivity index is 1.33. The number of rotatable bonds is 6. The number of nitrogens with one attached hydrogen (secondary N) is 1. The predicted octanol–water partition coefficient (Wildman–Crippen LogP) is 4.94. The Bertz CT molecular complexity index is 1340. The van der Waals surface area contributed by atoms with Crippen LogP contribution < -0.4 is 14.8 Å². The Labute approximate surface area is 199 Å². The number of anilines is 1. The largest absolute Gasteiger partial charge is 0.490 e. The molecule has 0 spiro atoms. The maximum atomic E-state index is 12.6. The molecule has 170 valence electrons. The molecule has 33 heavy (non-hydrogen) atoms. The van der Waals surface area contributed by atoms with Gasteiger partial charge in [-0.3, -0.25) is 4.79 Å². The molecular weight excluding hydrogens is 462 g/mol. The van der Waals surface area contributed by atoms with Gasteiger partial charge in [-0.25, -0.2) is 4.98 Å². The second-order valence-corrected chi connectivity index (χ2v) is 8.95. The molecule has 1 aliphatic heterocycles. The zero-order valence-electron chi connectivity index (χ0n) is 18.0. The first-order chi connectivity index (χ1) is 16.1. The van der Waals surface area contributed by atoms with Crippen LogP contribution in [0.1, 0.15) is 19.8 Å². The molecule has 10 heteroatoms. The third-order valence-electron chi connectivity index (χ3n) is 5.25. The zero-order chi connectivity index (χ0) is 22.8. The van der Waals surface area contributed by atoms with Crippen molar-refractivity contribution in [1.29, 1.82) is 0 Å². The Hall–Kier alpha value is -3.04. The van der Waals surface area contributed by atoms with Gasteiger partial charge in [0.25, 0.3) is 0 Å². The molecule has 0 atom stereocenters. The first-order valence-corrected chi connectivity index (χ1v) is 12.1. The van der Waals surface area contributed by atoms with Crippen LogP contribution >= 0.6 is 23.4 Å². The van der Waals surface area contributed by atoms with Crippen LogP contribution in [0.3, 0.4) is 0 Å². The van der Waals surface area contributed by atoms with Crippen molar-refractivity contribution in [3.63, 3.8) is 0 Å². The maximum absolute atomic E-state index is 12.6. The molecule has 0 bridgehead atoms. The molecule has 0 aliphatic carbocycles. The molecular formula is C23H22ClN5O3S. The van der Waals surface area contributed by atoms with E-state index in [0.29, 0.717) is 40.6 Å². The summed E-state index contributed by atoms with van der Waals surface area (Å²) in [5, 5.41) is 13.3. The highest BCUT2D eigenvalue weighted by Gasteiger charge is 2.17. The summed E-state index contributed by atoms with van der Waals surface area (Å²) in [5.41, 5.74) is 3.11. The molecule has 0 unspecified atom stereocenters. The number of hydrogen-bond donors (Lipinski definition) is 1. The Morgan fingerprint density at radius 3 is 2.79 bits per heavy atom. The van der Waals surface area contributed by atoms with Crippen LogP contribution in [0.2, 0.25) is 5.02 Å². The van der Waals surface area contributed by atoms with Crippen molar-refractivity contribution >= 4 is 57.0 Å². The summed E-state index contributed by atoms with van der Waals surface area (Å²) < 4.78 is 13.5. The number of amides is 1. The maximum Gasteiger partial charge on any atom is 0.234 e. The van der Waals surface area contributed by atoms with Crippen LogP contribution in [0.15, 0.2) is 41.6 Å². The third-order valence-corrected chi connectivity index (χ3v) is 6.40. The van der Waals surface area contributed by atoms with Gasteiger partial charge in [-0.05, 0) is 12.5 Å². The summed E-state index contributed by atoms with van der Waals surface area (Å²) in [4.78, 5) is 17.3. The van der Waals surface area contributed by atoms with Crippen molar-refractivity contribution in [1.82, 2.24) is 19.7 Å². The number of carbonyl (C=O) groups excluding carboxylic acids is 1. The van der Waals surface area contributed by atoms with Gasteiger partial charge in [-0.1, -0.05) is 48.5 Å². The number of halogens is 1. The monoisotopic (exact) mass is 483 g/mol. The fourth-order valence-corrected chi connectivity index (χ4v) is 4.58. The number of fused-ring (bicyclic) bond motifs is 4. The van der Waals surface area contributed by atoms with Gasteiger partial charge in [0.2, 0.25) is 11.1 Å². The van der Waals surface area contributed by atoms with E-state index in [1.807, 2.05) is 18.2 Å². The molecule has 0 fully saturated rings. The second kappa shape index (κ2) is 9.44. The van der Waals surface area contributed by atoms with Crippen molar-refractivity contribution < 1.29 is 14.3 Å². The number of hydrogen-bond acceptors (Lipinski definition) is 7. The minimum Gasteiger partial charge on any atom is -0.490 e. The second-order valence-electron chi connectivity index (χ2n) is 7.60. The van der Waals surface area contributed by atoms with Crippen molar-refractivity contribution in [3.05, 3.63) is 41.4 Å². The van der Waals surface area contributed by atoms with Gasteiger partial charge in [-0.2, -0.15) is 0 Å². The first-order valence-electron chi connectivity index (χ1n) is 10.8. The average molecular weight is 484 g/mol. The number of thioether (sulfide) groups is 1. The molecule has 1 aliphatic rings. The first kappa shape index (κ1) is 21.8. The van der Waals surface area contributed by atoms with Gasteiger partial charge in [0.15, 0.2) is 17.1 Å². The van der Waals surface area contributed by atoms with E-state index in [4.69, 9.17) is 26.1 Å². The molecule has 8 nitrogen and oxygen atoms in total. The number of para-hydroxylation sites is 1. The van der Waals surface area contributed by atoms with E-state index in [-0.39, 0.29) is 11.7 Å². The molecule has 2 aromatic heterocycles. The molecule has 0 saturated heterocycles. The highest BCUT2D eigenvalue weighted by atomic mass is 35.5. The van der Waals surface area contributed by atoms with Crippen molar-refractivity contribution in [2.24, 2.45) is 0 Å². The summed E-state index contributed by atoms with van der Waals surface area (Å²) in [6.45, 7) is 4.08. The normalized spacial score (nSPS) is 13.3. The lowest BCUT2D eigenvalue weighted by atomic mass is 10.2. The fraction of sp³-hybridized carbons (Fsp3) is 0.304. The Kier molecular flexibility index (Phi) is 6.24. The van der Waals surface area contributed by atoms with Crippen molar-refractivity contribution in [2.45, 2.75) is 31.5 Å². The van der Waals surface area contributed by atoms with E-state index >= 15 is 0 Å². The summed E-state index contributed by atoms with van der Waals surface area (Å²) in [5.74, 6) is 1.04. The van der Waals surface area contributed by atoms with E-state index in [0.717, 1.165) is 41.5 Å². The SMILES string of the molecule is CCCn1c2ccccc2c2nnc(SCC(=O)Nc3cc4c(cc3Cl)OCCCO4)nc21. The smallest absolute Gasteiger partial charge is 0.234 e. The Morgan fingerprint density at radius 2 is 1.97 bits per heavy atom. The minimum absolute atomic E-state index is 0.117. The number of ether oxygens (including phenoxy) is 2. The quantitative estimate of drug-likeness (QED) is 0.388. The van der Waals surface area contributed by atoms with Crippen LogP contribution in [0.5, 0.6) is 11.5 Å². The molecule has 1 amide bonds. The van der Waals surface area contributed by atoms with E-state index in [1.54, 1.807) is 12.1 Å². The Morgan fingerprint density at radius 1 is 1.18 bits per heavy atom. The van der Waals surface area contributed by atoms with Crippen molar-refractivity contribution in [2.75, 3.05) is 24.3 Å². The topological polar surface area (TPSA) is 91.2 Å². The summed E-state index contributed by atoms with van der Waals surface area (Å²) in [6.07, 6.45) is 1.76. The molecule has 3 heterocycles. The van der Waals surface area contributed by atoms with Gasteiger partial charge < -0.3 is 19.4 Å². The van der Waals surface area contributed by atoms with Crippen molar-refractivity contribution in [3.8, 4) is 11.5 Å². The number of nitrogens with zero attached hydrogens (tertiary/aromatic N) is 4. The molecule has 2 aromatic carbocycles. The molecule has 5 rings (SSSR count). The summed E-state index contributed by atoms with van der Waals surface area (Å²) in [7, 11) is 0. The van der Waals surface area contributed by atoms with Gasteiger partial charge in [-0.15, -0.1) is 10.2 Å². The van der Waals surface area contributed by atoms with Gasteiger partial charge in [0.05, 0.1) is 35.2 Å². The highest BCUT2D eigenvalue weighted by Crippen LogP contribution is 2.37. The lowest BCUT2D eigenvalue weighted by Crippen LogP contribution is -2.15. The molecule has 0 radical (unpaired) electrons. The molecule has 1 N–H and O–H groups in total. The number of carbonyl (C=O) groups is 1. The minimum atomic E-state index is -0.228. The van der Waals surface area contributed by atoms with Crippen LogP contribution in [0.4, 0.5) is 5.69 Å². The average Bonchev–Trinajstić information content (AvgIpc) is 2.95. The van der Waals surface area contributed by atoms with E-state index in [2.05, 4.69) is 33.1 Å². The number of aryl methyl sites for hydroxylation is 1. The van der Waals surface area contributed by atoms with Crippen LogP contribution in [-0.2, 0) is 11.3 Å². The third kappa shape index (κ3) is 4.43. The van der Waals surface area contributed by atoms with Crippen LogP contribution in [0, 0.1) is 0 Å². The fourth-order valence-electron chi connectivity index (χ4n) is 3.80. The summed E-state index contributed by atoms with van der Waals surface area (Å²) in [6, 6.07) is 11.4. The van der Waals surface area contributed by atoms with Gasteiger partial charge in [0.1, 0.15) is 5.52 Å². The van der Waals surface area contributed by atoms with E-state index < -0.39 is 0 Å². The molecule has 4 aromatic rings. The lowest BCUT2D eigenvalue weighted by Gasteiger charge is -2.12. The number of benzene rings is 2. The van der Waals surface area contributed by atoms with Crippen LogP contribution in [-0.4, -0.2) is 44.6 Å². The highest BCUT2D eigenvalue weighted by molar-refractivity contribution is 7.99. The lowest BCUT2D eigenvalue weighted by molar-refractivity contribution is -0.113. The molecule has 0 saturated carbocycles.